The molecule has 110 valence electrons. The van der Waals surface area contributed by atoms with Crippen molar-refractivity contribution in [3.63, 3.8) is 0 Å². The Labute approximate surface area is 146 Å². The van der Waals surface area contributed by atoms with Gasteiger partial charge in [-0.2, -0.15) is 0 Å². The van der Waals surface area contributed by atoms with E-state index in [1.807, 2.05) is 12.1 Å². The lowest BCUT2D eigenvalue weighted by molar-refractivity contribution is -0.138. The Kier molecular flexibility index (Phi) is 6.56. The molecule has 0 heterocycles. The van der Waals surface area contributed by atoms with Crippen LogP contribution in [0.4, 0.5) is 5.69 Å². The van der Waals surface area contributed by atoms with Crippen LogP contribution < -0.4 is 5.32 Å². The fraction of sp³-hybridized carbons (Fsp3) is 0.333. The number of anilines is 1. The summed E-state index contributed by atoms with van der Waals surface area (Å²) in [7, 11) is 0. The van der Waals surface area contributed by atoms with Gasteiger partial charge in [-0.1, -0.05) is 15.9 Å². The minimum atomic E-state index is -0.995. The topological polar surface area (TPSA) is 66.4 Å². The van der Waals surface area contributed by atoms with Gasteiger partial charge in [-0.05, 0) is 57.8 Å². The van der Waals surface area contributed by atoms with Gasteiger partial charge >= 0.3 is 5.97 Å². The summed E-state index contributed by atoms with van der Waals surface area (Å²) in [4.78, 5) is 22.9. The highest BCUT2D eigenvalue weighted by atomic mass is 79.9. The van der Waals surface area contributed by atoms with Crippen LogP contribution in [0.1, 0.15) is 13.8 Å². The molecule has 0 aliphatic carbocycles. The van der Waals surface area contributed by atoms with Crippen molar-refractivity contribution in [2.24, 2.45) is 0 Å². The van der Waals surface area contributed by atoms with Crippen molar-refractivity contribution in [3.05, 3.63) is 25.6 Å². The number of hydrogen-bond acceptors (Lipinski definition) is 3. The second kappa shape index (κ2) is 7.29. The SMILES string of the molecule is CC(C)(SCC(=O)Nc1c(Br)cc(Br)cc1Br)C(=O)O. The fourth-order valence-corrected chi connectivity index (χ4v) is 4.29. The van der Waals surface area contributed by atoms with Crippen LogP contribution in [0.2, 0.25) is 0 Å². The number of hydrogen-bond donors (Lipinski definition) is 2. The highest BCUT2D eigenvalue weighted by molar-refractivity contribution is 9.11. The van der Waals surface area contributed by atoms with E-state index in [0.717, 1.165) is 25.2 Å². The second-order valence-corrected chi connectivity index (χ2v) is 8.62. The molecule has 0 atom stereocenters. The van der Waals surface area contributed by atoms with Crippen molar-refractivity contribution >= 4 is 77.1 Å². The molecule has 1 amide bonds. The molecule has 2 N–H and O–H groups in total. The van der Waals surface area contributed by atoms with Gasteiger partial charge in [0.05, 0.1) is 11.4 Å². The quantitative estimate of drug-likeness (QED) is 0.638. The van der Waals surface area contributed by atoms with Gasteiger partial charge in [-0.15, -0.1) is 11.8 Å². The minimum absolute atomic E-state index is 0.0637. The molecule has 0 fully saturated rings. The summed E-state index contributed by atoms with van der Waals surface area (Å²) in [6.45, 7) is 3.14. The highest BCUT2D eigenvalue weighted by Crippen LogP contribution is 2.34. The molecule has 8 heteroatoms. The van der Waals surface area contributed by atoms with Crippen molar-refractivity contribution < 1.29 is 14.7 Å². The van der Waals surface area contributed by atoms with Gasteiger partial charge in [0.1, 0.15) is 4.75 Å². The molecule has 0 saturated heterocycles. The highest BCUT2D eigenvalue weighted by Gasteiger charge is 2.28. The summed E-state index contributed by atoms with van der Waals surface area (Å²) in [5.74, 6) is -1.14. The van der Waals surface area contributed by atoms with Gasteiger partial charge in [0.2, 0.25) is 5.91 Å². The lowest BCUT2D eigenvalue weighted by atomic mass is 10.2. The van der Waals surface area contributed by atoms with E-state index in [1.165, 1.54) is 0 Å². The molecule has 0 aliphatic heterocycles. The number of rotatable bonds is 5. The molecule has 1 aromatic carbocycles. The van der Waals surface area contributed by atoms with E-state index in [2.05, 4.69) is 53.1 Å². The molecule has 20 heavy (non-hydrogen) atoms. The van der Waals surface area contributed by atoms with Crippen molar-refractivity contribution in [1.29, 1.82) is 0 Å². The number of halogens is 3. The lowest BCUT2D eigenvalue weighted by Gasteiger charge is -2.18. The van der Waals surface area contributed by atoms with Crippen LogP contribution in [0.15, 0.2) is 25.6 Å². The Bertz CT molecular complexity index is 526. The Morgan fingerprint density at radius 3 is 2.20 bits per heavy atom. The molecule has 0 unspecified atom stereocenters. The van der Waals surface area contributed by atoms with Crippen LogP contribution in [0, 0.1) is 0 Å². The summed E-state index contributed by atoms with van der Waals surface area (Å²) in [6.07, 6.45) is 0. The monoisotopic (exact) mass is 487 g/mol. The van der Waals surface area contributed by atoms with E-state index < -0.39 is 10.7 Å². The predicted octanol–water partition coefficient (Wildman–Crippen LogP) is 4.51. The maximum atomic E-state index is 11.9. The normalized spacial score (nSPS) is 11.2. The zero-order valence-electron chi connectivity index (χ0n) is 10.7. The van der Waals surface area contributed by atoms with Gasteiger partial charge in [0, 0.05) is 13.4 Å². The molecule has 0 aliphatic rings. The third kappa shape index (κ3) is 5.05. The number of amides is 1. The molecule has 0 saturated carbocycles. The lowest BCUT2D eigenvalue weighted by Crippen LogP contribution is -2.29. The van der Waals surface area contributed by atoms with E-state index in [-0.39, 0.29) is 11.7 Å². The zero-order valence-corrected chi connectivity index (χ0v) is 16.2. The molecule has 0 aromatic heterocycles. The van der Waals surface area contributed by atoms with E-state index in [0.29, 0.717) is 5.69 Å². The largest absolute Gasteiger partial charge is 0.480 e. The zero-order chi connectivity index (χ0) is 15.5. The van der Waals surface area contributed by atoms with Crippen molar-refractivity contribution in [2.45, 2.75) is 18.6 Å². The Morgan fingerprint density at radius 1 is 1.25 bits per heavy atom. The van der Waals surface area contributed by atoms with E-state index in [1.54, 1.807) is 13.8 Å². The summed E-state index contributed by atoms with van der Waals surface area (Å²) in [5, 5.41) is 11.7. The number of benzene rings is 1. The predicted molar refractivity (Wildman–Crippen MR) is 92.3 cm³/mol. The van der Waals surface area contributed by atoms with Crippen molar-refractivity contribution in [3.8, 4) is 0 Å². The number of carbonyl (C=O) groups excluding carboxylic acids is 1. The number of carbonyl (C=O) groups is 2. The number of nitrogens with one attached hydrogen (secondary N) is 1. The summed E-state index contributed by atoms with van der Waals surface area (Å²) >= 11 is 11.2. The van der Waals surface area contributed by atoms with Gasteiger partial charge < -0.3 is 10.4 Å². The van der Waals surface area contributed by atoms with Crippen LogP contribution in [0.25, 0.3) is 0 Å². The molecule has 1 aromatic rings. The summed E-state index contributed by atoms with van der Waals surface area (Å²) in [5.41, 5.74) is 0.618. The third-order valence-electron chi connectivity index (χ3n) is 2.35. The first-order valence-corrected chi connectivity index (χ1v) is 8.81. The number of carboxylic acids is 1. The smallest absolute Gasteiger partial charge is 0.319 e. The molecule has 4 nitrogen and oxygen atoms in total. The average molecular weight is 490 g/mol. The van der Waals surface area contributed by atoms with Crippen LogP contribution in [-0.4, -0.2) is 27.5 Å². The minimum Gasteiger partial charge on any atom is -0.480 e. The molecule has 0 spiro atoms. The van der Waals surface area contributed by atoms with Crippen LogP contribution >= 0.6 is 59.6 Å². The maximum absolute atomic E-state index is 11.9. The molecule has 0 radical (unpaired) electrons. The first-order valence-electron chi connectivity index (χ1n) is 5.45. The summed E-state index contributed by atoms with van der Waals surface area (Å²) in [6, 6.07) is 3.63. The van der Waals surface area contributed by atoms with E-state index in [4.69, 9.17) is 5.11 Å². The van der Waals surface area contributed by atoms with Crippen molar-refractivity contribution in [2.75, 3.05) is 11.1 Å². The Morgan fingerprint density at radius 2 is 1.75 bits per heavy atom. The Balaban J connectivity index is 2.71. The number of carboxylic acid groups (broad SMARTS) is 1. The van der Waals surface area contributed by atoms with Crippen LogP contribution in [0.5, 0.6) is 0 Å². The first kappa shape index (κ1) is 18.0. The maximum Gasteiger partial charge on any atom is 0.319 e. The van der Waals surface area contributed by atoms with Crippen molar-refractivity contribution in [1.82, 2.24) is 0 Å². The molecule has 0 bridgehead atoms. The second-order valence-electron chi connectivity index (χ2n) is 4.40. The van der Waals surface area contributed by atoms with Gasteiger partial charge in [0.15, 0.2) is 0 Å². The van der Waals surface area contributed by atoms with E-state index >= 15 is 0 Å². The fourth-order valence-electron chi connectivity index (χ4n) is 1.14. The molecular weight excluding hydrogens is 478 g/mol. The molecular formula is C12H12Br3NO3S. The average Bonchev–Trinajstić information content (AvgIpc) is 2.31. The van der Waals surface area contributed by atoms with Gasteiger partial charge in [0.25, 0.3) is 0 Å². The summed E-state index contributed by atoms with van der Waals surface area (Å²) < 4.78 is 1.34. The number of aliphatic carboxylic acids is 1. The first-order chi connectivity index (χ1) is 9.13. The molecule has 1 rings (SSSR count). The van der Waals surface area contributed by atoms with Crippen LogP contribution in [-0.2, 0) is 9.59 Å². The third-order valence-corrected chi connectivity index (χ3v) is 5.36. The Hall–Kier alpha value is -0.0500. The van der Waals surface area contributed by atoms with Crippen LogP contribution in [0.3, 0.4) is 0 Å². The van der Waals surface area contributed by atoms with E-state index in [9.17, 15) is 9.59 Å². The van der Waals surface area contributed by atoms with Gasteiger partial charge in [-0.25, -0.2) is 0 Å². The number of thioether (sulfide) groups is 1. The standard InChI is InChI=1S/C12H12Br3NO3S/c1-12(2,11(18)19)20-5-9(17)16-10-7(14)3-6(13)4-8(10)15/h3-4H,5H2,1-2H3,(H,16,17)(H,18,19). The van der Waals surface area contributed by atoms with Gasteiger partial charge in [-0.3, -0.25) is 9.59 Å².